The van der Waals surface area contributed by atoms with Gasteiger partial charge in [0.1, 0.15) is 5.82 Å². The first-order chi connectivity index (χ1) is 16.6. The van der Waals surface area contributed by atoms with Crippen LogP contribution in [0.25, 0.3) is 21.5 Å². The van der Waals surface area contributed by atoms with Gasteiger partial charge in [-0.2, -0.15) is 0 Å². The van der Waals surface area contributed by atoms with Crippen LogP contribution in [0.1, 0.15) is 29.1 Å². The molecular weight excluding hydrogens is 450 g/mol. The fraction of sp³-hybridized carbons (Fsp3) is 0.292. The lowest BCUT2D eigenvalue weighted by molar-refractivity contribution is 0.0763. The van der Waals surface area contributed by atoms with Crippen molar-refractivity contribution >= 4 is 45.3 Å². The zero-order valence-corrected chi connectivity index (χ0v) is 19.1. The number of rotatable bonds is 6. The number of pyridine rings is 2. The van der Waals surface area contributed by atoms with E-state index >= 15 is 0 Å². The lowest BCUT2D eigenvalue weighted by atomic mass is 10.2. The minimum atomic E-state index is -0.464. The first-order valence-electron chi connectivity index (χ1n) is 11.3. The van der Waals surface area contributed by atoms with Crippen LogP contribution in [0.4, 0.5) is 17.2 Å². The van der Waals surface area contributed by atoms with Crippen LogP contribution in [-0.2, 0) is 0 Å². The lowest BCUT2D eigenvalue weighted by Crippen LogP contribution is -2.29. The van der Waals surface area contributed by atoms with E-state index in [-0.39, 0.29) is 5.91 Å². The Morgan fingerprint density at radius 1 is 1.12 bits per heavy atom. The summed E-state index contributed by atoms with van der Waals surface area (Å²) in [6.45, 7) is 0.880. The summed E-state index contributed by atoms with van der Waals surface area (Å²) >= 11 is 1.25. The number of aliphatic hydroxyl groups is 1. The standard InChI is InChI=1S/C24H23N7O2S/c32-17-7-9-31(13-17)24(33)23-30-29-22(34-23)18-12-26-21(11-20(18)27-15-3-4-15)28-16-5-6-19-14(10-16)2-1-8-25-19/h1-2,5-6,8,10-12,15,17,32H,3-4,7,9,13H2,(H2,26,27,28). The molecule has 0 bridgehead atoms. The molecule has 1 aliphatic heterocycles. The first-order valence-corrected chi connectivity index (χ1v) is 12.1. The molecule has 3 N–H and O–H groups in total. The molecule has 3 aromatic heterocycles. The van der Waals surface area contributed by atoms with Gasteiger partial charge in [0.15, 0.2) is 5.01 Å². The Labute approximate surface area is 199 Å². The van der Waals surface area contributed by atoms with Crippen molar-refractivity contribution in [3.63, 3.8) is 0 Å². The molecule has 6 rings (SSSR count). The summed E-state index contributed by atoms with van der Waals surface area (Å²) in [5, 5.41) is 27.1. The van der Waals surface area contributed by atoms with Crippen LogP contribution in [0, 0.1) is 0 Å². The monoisotopic (exact) mass is 473 g/mol. The van der Waals surface area contributed by atoms with Gasteiger partial charge in [0.05, 0.1) is 17.2 Å². The highest BCUT2D eigenvalue weighted by Crippen LogP contribution is 2.36. The van der Waals surface area contributed by atoms with Gasteiger partial charge in [-0.3, -0.25) is 9.78 Å². The molecule has 2 aliphatic rings. The van der Waals surface area contributed by atoms with Gasteiger partial charge in [0, 0.05) is 54.4 Å². The van der Waals surface area contributed by atoms with E-state index in [2.05, 4.69) is 30.8 Å². The van der Waals surface area contributed by atoms with Gasteiger partial charge in [-0.15, -0.1) is 10.2 Å². The molecule has 1 saturated heterocycles. The maximum absolute atomic E-state index is 12.7. The summed E-state index contributed by atoms with van der Waals surface area (Å²) in [5.74, 6) is 0.524. The Kier molecular flexibility index (Phi) is 5.31. The fourth-order valence-corrected chi connectivity index (χ4v) is 4.88. The summed E-state index contributed by atoms with van der Waals surface area (Å²) in [5.41, 5.74) is 3.60. The maximum Gasteiger partial charge on any atom is 0.284 e. The Bertz CT molecular complexity index is 1370. The smallest absolute Gasteiger partial charge is 0.284 e. The van der Waals surface area contributed by atoms with Crippen molar-refractivity contribution in [2.75, 3.05) is 23.7 Å². The van der Waals surface area contributed by atoms with Crippen molar-refractivity contribution in [1.82, 2.24) is 25.1 Å². The fourth-order valence-electron chi connectivity index (χ4n) is 4.04. The van der Waals surface area contributed by atoms with E-state index in [1.807, 2.05) is 36.4 Å². The van der Waals surface area contributed by atoms with Crippen LogP contribution in [0.15, 0.2) is 48.8 Å². The van der Waals surface area contributed by atoms with Gasteiger partial charge >= 0.3 is 0 Å². The number of carbonyl (C=O) groups excluding carboxylic acids is 1. The van der Waals surface area contributed by atoms with Crippen molar-refractivity contribution in [2.24, 2.45) is 0 Å². The molecule has 1 atom stereocenters. The third-order valence-corrected chi connectivity index (χ3v) is 6.95. The average Bonchev–Trinajstić information content (AvgIpc) is 3.34. The lowest BCUT2D eigenvalue weighted by Gasteiger charge is -2.13. The number of hydrogen-bond donors (Lipinski definition) is 3. The number of fused-ring (bicyclic) bond motifs is 1. The maximum atomic E-state index is 12.7. The van der Waals surface area contributed by atoms with E-state index in [9.17, 15) is 9.90 Å². The highest BCUT2D eigenvalue weighted by molar-refractivity contribution is 7.16. The Balaban J connectivity index is 1.27. The second kappa shape index (κ2) is 8.62. The van der Waals surface area contributed by atoms with Crippen LogP contribution in [-0.4, -0.2) is 61.3 Å². The quantitative estimate of drug-likeness (QED) is 0.388. The summed E-state index contributed by atoms with van der Waals surface area (Å²) in [7, 11) is 0. The second-order valence-electron chi connectivity index (χ2n) is 8.68. The predicted molar refractivity (Wildman–Crippen MR) is 131 cm³/mol. The second-order valence-corrected chi connectivity index (χ2v) is 9.65. The number of hydrogen-bond acceptors (Lipinski definition) is 9. The zero-order valence-electron chi connectivity index (χ0n) is 18.3. The molecule has 9 nitrogen and oxygen atoms in total. The molecule has 1 aromatic carbocycles. The molecule has 10 heteroatoms. The van der Waals surface area contributed by atoms with Crippen molar-refractivity contribution in [3.05, 3.63) is 53.8 Å². The zero-order chi connectivity index (χ0) is 23.1. The predicted octanol–water partition coefficient (Wildman–Crippen LogP) is 3.67. The van der Waals surface area contributed by atoms with Crippen LogP contribution < -0.4 is 10.6 Å². The molecule has 0 spiro atoms. The van der Waals surface area contributed by atoms with Gasteiger partial charge in [0.2, 0.25) is 5.01 Å². The van der Waals surface area contributed by atoms with Gasteiger partial charge < -0.3 is 20.6 Å². The summed E-state index contributed by atoms with van der Waals surface area (Å²) < 4.78 is 0. The Morgan fingerprint density at radius 3 is 2.85 bits per heavy atom. The normalized spacial score (nSPS) is 17.8. The molecule has 1 unspecified atom stereocenters. The topological polar surface area (TPSA) is 116 Å². The molecule has 4 aromatic rings. The molecule has 4 heterocycles. The van der Waals surface area contributed by atoms with Crippen LogP contribution >= 0.6 is 11.3 Å². The van der Waals surface area contributed by atoms with Crippen molar-refractivity contribution in [2.45, 2.75) is 31.4 Å². The van der Waals surface area contributed by atoms with Crippen molar-refractivity contribution < 1.29 is 9.90 Å². The summed E-state index contributed by atoms with van der Waals surface area (Å²) in [6, 6.07) is 12.4. The van der Waals surface area contributed by atoms with Gasteiger partial charge in [0.25, 0.3) is 5.91 Å². The van der Waals surface area contributed by atoms with E-state index in [1.165, 1.54) is 11.3 Å². The number of nitrogens with zero attached hydrogens (tertiary/aromatic N) is 5. The largest absolute Gasteiger partial charge is 0.391 e. The van der Waals surface area contributed by atoms with E-state index in [0.29, 0.717) is 41.4 Å². The summed E-state index contributed by atoms with van der Waals surface area (Å²) in [6.07, 6.45) is 5.93. The minimum Gasteiger partial charge on any atom is -0.391 e. The SMILES string of the molecule is O=C(c1nnc(-c2cnc(Nc3ccc4ncccc4c3)cc2NC2CC2)s1)N1CCC(O)C1. The van der Waals surface area contributed by atoms with Gasteiger partial charge in [-0.25, -0.2) is 4.98 Å². The van der Waals surface area contributed by atoms with Crippen LogP contribution in [0.2, 0.25) is 0 Å². The number of carbonyl (C=O) groups is 1. The van der Waals surface area contributed by atoms with Crippen molar-refractivity contribution in [3.8, 4) is 10.6 Å². The minimum absolute atomic E-state index is 0.186. The van der Waals surface area contributed by atoms with Crippen LogP contribution in [0.5, 0.6) is 0 Å². The molecule has 1 aliphatic carbocycles. The van der Waals surface area contributed by atoms with E-state index in [4.69, 9.17) is 0 Å². The number of aromatic nitrogens is 4. The summed E-state index contributed by atoms with van der Waals surface area (Å²) in [4.78, 5) is 23.3. The molecule has 1 saturated carbocycles. The van der Waals surface area contributed by atoms with Crippen LogP contribution in [0.3, 0.4) is 0 Å². The molecule has 1 amide bonds. The van der Waals surface area contributed by atoms with E-state index in [1.54, 1.807) is 17.3 Å². The first kappa shape index (κ1) is 20.9. The van der Waals surface area contributed by atoms with Crippen molar-refractivity contribution in [1.29, 1.82) is 0 Å². The number of likely N-dealkylation sites (tertiary alicyclic amines) is 1. The molecule has 2 fully saturated rings. The molecular formula is C24H23N7O2S. The molecule has 172 valence electrons. The number of β-amino-alcohol motifs (C(OH)–C–C–N with tert-alkyl or cyclic N) is 1. The third kappa shape index (κ3) is 4.29. The highest BCUT2D eigenvalue weighted by Gasteiger charge is 2.29. The average molecular weight is 474 g/mol. The number of aliphatic hydroxyl groups excluding tert-OH is 1. The van der Waals surface area contributed by atoms with Gasteiger partial charge in [-0.1, -0.05) is 17.4 Å². The Morgan fingerprint density at radius 2 is 2.03 bits per heavy atom. The highest BCUT2D eigenvalue weighted by atomic mass is 32.1. The number of amides is 1. The number of benzene rings is 1. The number of nitrogens with one attached hydrogen (secondary N) is 2. The molecule has 0 radical (unpaired) electrons. The molecule has 34 heavy (non-hydrogen) atoms. The Hall–Kier alpha value is -3.63. The third-order valence-electron chi connectivity index (χ3n) is 6.01. The van der Waals surface area contributed by atoms with E-state index in [0.717, 1.165) is 40.7 Å². The number of anilines is 3. The van der Waals surface area contributed by atoms with Gasteiger partial charge in [-0.05, 0) is 43.5 Å². The van der Waals surface area contributed by atoms with E-state index < -0.39 is 6.10 Å².